The zero-order chi connectivity index (χ0) is 16.0. The van der Waals surface area contributed by atoms with Gasteiger partial charge in [-0.05, 0) is 27.7 Å². The van der Waals surface area contributed by atoms with Gasteiger partial charge in [-0.2, -0.15) is 0 Å². The van der Waals surface area contributed by atoms with Crippen molar-refractivity contribution in [3.63, 3.8) is 0 Å². The van der Waals surface area contributed by atoms with Crippen molar-refractivity contribution in [3.8, 4) is 0 Å². The zero-order valence-electron chi connectivity index (χ0n) is 12.7. The predicted molar refractivity (Wildman–Crippen MR) is 103 cm³/mol. The van der Waals surface area contributed by atoms with Crippen molar-refractivity contribution < 1.29 is 21.1 Å². The summed E-state index contributed by atoms with van der Waals surface area (Å²) in [4.78, 5) is 9.16. The summed E-state index contributed by atoms with van der Waals surface area (Å²) >= 11 is 19.5. The summed E-state index contributed by atoms with van der Waals surface area (Å²) in [5.41, 5.74) is 0. The Hall–Kier alpha value is 0.248. The Morgan fingerprint density at radius 3 is 1.29 bits per heavy atom. The van der Waals surface area contributed by atoms with Crippen LogP contribution in [0.1, 0.15) is 27.7 Å². The number of likely N-dealkylation sites (N-methyl/N-ethyl adjacent to an activating group) is 2. The molecule has 0 unspecified atom stereocenters. The average Bonchev–Trinajstić information content (AvgIpc) is 2.40. The molecule has 0 bridgehead atoms. The van der Waals surface area contributed by atoms with Crippen LogP contribution >= 0.6 is 24.4 Å². The fourth-order valence-corrected chi connectivity index (χ4v) is 1.72. The summed E-state index contributed by atoms with van der Waals surface area (Å²) in [6.07, 6.45) is 0. The van der Waals surface area contributed by atoms with Crippen molar-refractivity contribution in [2.24, 2.45) is 9.98 Å². The van der Waals surface area contributed by atoms with Crippen LogP contribution in [-0.4, -0.2) is 46.2 Å². The minimum atomic E-state index is 0. The monoisotopic (exact) mass is 545 g/mol. The first-order chi connectivity index (χ1) is 9.44. The van der Waals surface area contributed by atoms with Gasteiger partial charge >= 0.3 is 21.1 Å². The van der Waals surface area contributed by atoms with E-state index in [2.05, 4.69) is 20.6 Å². The average molecular weight is 546 g/mol. The third kappa shape index (κ3) is 16.4. The molecule has 0 fully saturated rings. The van der Waals surface area contributed by atoms with E-state index in [1.54, 1.807) is 0 Å². The number of aliphatic imine (C=N–C) groups is 2. The fourth-order valence-electron chi connectivity index (χ4n) is 0.904. The van der Waals surface area contributed by atoms with Gasteiger partial charge in [0, 0.05) is 26.2 Å². The van der Waals surface area contributed by atoms with Gasteiger partial charge in [0.25, 0.3) is 0 Å². The molecule has 0 radical (unpaired) electrons. The molecule has 21 heavy (non-hydrogen) atoms. The van der Waals surface area contributed by atoms with E-state index in [4.69, 9.17) is 49.7 Å². The number of thiocarbonyl (C=S) groups is 2. The van der Waals surface area contributed by atoms with Crippen LogP contribution in [0.15, 0.2) is 9.98 Å². The van der Waals surface area contributed by atoms with Crippen LogP contribution in [-0.2, 0) is 46.3 Å². The summed E-state index contributed by atoms with van der Waals surface area (Å²) in [5.74, 6) is 0. The van der Waals surface area contributed by atoms with Crippen LogP contribution in [0.25, 0.3) is 0 Å². The van der Waals surface area contributed by atoms with E-state index in [9.17, 15) is 0 Å². The first-order valence-electron chi connectivity index (χ1n) is 6.43. The zero-order valence-corrected chi connectivity index (χ0v) is 18.2. The van der Waals surface area contributed by atoms with Crippen LogP contribution in [0, 0.1) is 0 Å². The fraction of sp³-hybridized carbons (Fsp3) is 0.667. The molecular formula is C12H22N4PtS4. The molecule has 0 aromatic heterocycles. The van der Waals surface area contributed by atoms with Gasteiger partial charge in [0.15, 0.2) is 0 Å². The summed E-state index contributed by atoms with van der Waals surface area (Å²) in [6, 6.07) is 0. The Morgan fingerprint density at radius 1 is 0.810 bits per heavy atom. The number of hydrogen-bond donors (Lipinski definition) is 2. The van der Waals surface area contributed by atoms with Crippen molar-refractivity contribution in [3.05, 3.63) is 0 Å². The molecule has 0 aliphatic rings. The van der Waals surface area contributed by atoms with Crippen LogP contribution in [0.3, 0.4) is 0 Å². The molecule has 0 aromatic rings. The molecular weight excluding hydrogens is 524 g/mol. The second-order valence-electron chi connectivity index (χ2n) is 3.28. The van der Waals surface area contributed by atoms with Crippen molar-refractivity contribution >= 4 is 69.8 Å². The molecule has 0 saturated heterocycles. The van der Waals surface area contributed by atoms with Gasteiger partial charge in [-0.1, -0.05) is 34.5 Å². The van der Waals surface area contributed by atoms with Gasteiger partial charge in [-0.15, -0.1) is 0 Å². The summed E-state index contributed by atoms with van der Waals surface area (Å²) in [5, 5.41) is 6.83. The molecule has 0 aromatic carbocycles. The minimum Gasteiger partial charge on any atom is -0.761 e. The number of rotatable bonds is 5. The van der Waals surface area contributed by atoms with E-state index < -0.39 is 0 Å². The Balaban J connectivity index is -0.000000295. The summed E-state index contributed by atoms with van der Waals surface area (Å²) in [6.45, 7) is 10.8. The van der Waals surface area contributed by atoms with Gasteiger partial charge in [-0.3, -0.25) is 0 Å². The molecule has 0 aliphatic heterocycles. The third-order valence-corrected chi connectivity index (χ3v) is 3.27. The van der Waals surface area contributed by atoms with Crippen molar-refractivity contribution in [2.75, 3.05) is 26.2 Å². The summed E-state index contributed by atoms with van der Waals surface area (Å²) < 4.78 is 0. The molecule has 2 N–H and O–H groups in total. The van der Waals surface area contributed by atoms with Crippen molar-refractivity contribution in [2.45, 2.75) is 27.7 Å². The van der Waals surface area contributed by atoms with E-state index in [0.717, 1.165) is 13.1 Å². The van der Waals surface area contributed by atoms with Gasteiger partial charge < -0.3 is 45.9 Å². The van der Waals surface area contributed by atoms with E-state index in [1.165, 1.54) is 0 Å². The maximum Gasteiger partial charge on any atom is 2.00 e. The molecule has 0 rings (SSSR count). The van der Waals surface area contributed by atoms with Gasteiger partial charge in [-0.25, -0.2) is 0 Å². The molecule has 0 heterocycles. The molecule has 9 heteroatoms. The van der Waals surface area contributed by atoms with Gasteiger partial charge in [0.05, 0.1) is 0 Å². The van der Waals surface area contributed by atoms with E-state index in [1.807, 2.05) is 27.7 Å². The smallest absolute Gasteiger partial charge is 0.761 e. The largest absolute Gasteiger partial charge is 2.00 e. The molecule has 0 atom stereocenters. The van der Waals surface area contributed by atoms with E-state index >= 15 is 0 Å². The van der Waals surface area contributed by atoms with Crippen LogP contribution < -0.4 is 10.6 Å². The Kier molecular flexibility index (Phi) is 22.8. The Labute approximate surface area is 164 Å². The molecule has 0 amide bonds. The maximum absolute atomic E-state index is 4.93. The third-order valence-electron chi connectivity index (χ3n) is 1.67. The van der Waals surface area contributed by atoms with E-state index in [0.29, 0.717) is 33.2 Å². The van der Waals surface area contributed by atoms with Crippen molar-refractivity contribution in [1.29, 1.82) is 0 Å². The molecule has 0 saturated carbocycles. The van der Waals surface area contributed by atoms with Crippen molar-refractivity contribution in [1.82, 2.24) is 10.6 Å². The molecule has 4 nitrogen and oxygen atoms in total. The first-order valence-corrected chi connectivity index (χ1v) is 8.06. The maximum atomic E-state index is 4.93. The molecule has 124 valence electrons. The number of nitrogens with one attached hydrogen (secondary N) is 2. The molecule has 0 aliphatic carbocycles. The molecule has 0 spiro atoms. The van der Waals surface area contributed by atoms with Gasteiger partial charge in [0.1, 0.15) is 9.98 Å². The van der Waals surface area contributed by atoms with Crippen LogP contribution in [0.2, 0.25) is 0 Å². The van der Waals surface area contributed by atoms with Crippen LogP contribution in [0.4, 0.5) is 0 Å². The Bertz CT molecular complexity index is 325. The Morgan fingerprint density at radius 2 is 1.10 bits per heavy atom. The summed E-state index contributed by atoms with van der Waals surface area (Å²) in [7, 11) is 0. The normalized spacial score (nSPS) is 10.7. The van der Waals surface area contributed by atoms with E-state index in [-0.39, 0.29) is 21.1 Å². The predicted octanol–water partition coefficient (Wildman–Crippen LogP) is 1.77. The number of hydrogen-bond acceptors (Lipinski definition) is 6. The first kappa shape index (κ1) is 26.2. The standard InChI is InChI=1S/2C6H12N2S2.Pt/c2*1-3-7-5(9)6(10)8-4-2;/h2*3-4H2,1-2H3,(H,7,9)(H,8,10);/q;;+2/p-2. The quantitative estimate of drug-likeness (QED) is 0.238. The van der Waals surface area contributed by atoms with Crippen LogP contribution in [0.5, 0.6) is 0 Å². The SMILES string of the molecule is CCN=C([S-])C([S-])=NCC.CCNC(=S)C(=S)NCC.[Pt+2]. The second-order valence-corrected chi connectivity index (χ2v) is 4.87. The minimum absolute atomic E-state index is 0. The second kappa shape index (κ2) is 18.3. The topological polar surface area (TPSA) is 48.8 Å². The van der Waals surface area contributed by atoms with Gasteiger partial charge in [0.2, 0.25) is 0 Å². The number of nitrogens with zero attached hydrogens (tertiary/aromatic N) is 2.